The Morgan fingerprint density at radius 1 is 1.59 bits per heavy atom. The van der Waals surface area contributed by atoms with Gasteiger partial charge in [0, 0.05) is 0 Å². The molecular weight excluding hydrogens is 284 g/mol. The Balaban J connectivity index is 1.88. The van der Waals surface area contributed by atoms with Crippen LogP contribution >= 0.6 is 15.9 Å². The normalized spacial score (nSPS) is 22.2. The van der Waals surface area contributed by atoms with Crippen molar-refractivity contribution in [2.24, 2.45) is 11.8 Å². The van der Waals surface area contributed by atoms with Gasteiger partial charge in [0.2, 0.25) is 0 Å². The van der Waals surface area contributed by atoms with Gasteiger partial charge < -0.3 is 9.84 Å². The molecule has 3 nitrogen and oxygen atoms in total. The van der Waals surface area contributed by atoms with Crippen molar-refractivity contribution >= 4 is 21.9 Å². The van der Waals surface area contributed by atoms with Crippen molar-refractivity contribution in [2.45, 2.75) is 19.3 Å². The molecule has 0 saturated heterocycles. The first kappa shape index (κ1) is 12.4. The van der Waals surface area contributed by atoms with Gasteiger partial charge in [0.25, 0.3) is 0 Å². The average Bonchev–Trinajstić information content (AvgIpc) is 3.06. The van der Waals surface area contributed by atoms with Crippen molar-refractivity contribution < 1.29 is 14.6 Å². The van der Waals surface area contributed by atoms with E-state index in [4.69, 9.17) is 9.84 Å². The van der Waals surface area contributed by atoms with Crippen LogP contribution in [0.4, 0.5) is 0 Å². The second kappa shape index (κ2) is 5.08. The zero-order valence-electron chi connectivity index (χ0n) is 9.65. The van der Waals surface area contributed by atoms with Crippen LogP contribution in [0, 0.1) is 11.8 Å². The van der Waals surface area contributed by atoms with E-state index in [2.05, 4.69) is 15.9 Å². The summed E-state index contributed by atoms with van der Waals surface area (Å²) in [6, 6.07) is 6.00. The first-order valence-electron chi connectivity index (χ1n) is 5.67. The molecule has 92 valence electrons. The fourth-order valence-corrected chi connectivity index (χ4v) is 2.67. The lowest BCUT2D eigenvalue weighted by atomic mass is 10.1. The molecule has 0 aliphatic heterocycles. The van der Waals surface area contributed by atoms with Gasteiger partial charge in [0.05, 0.1) is 17.5 Å². The molecule has 1 saturated carbocycles. The maximum Gasteiger partial charge on any atom is 0.306 e. The fraction of sp³-hybridized carbons (Fsp3) is 0.462. The van der Waals surface area contributed by atoms with Gasteiger partial charge in [-0.2, -0.15) is 0 Å². The highest BCUT2D eigenvalue weighted by molar-refractivity contribution is 9.10. The minimum Gasteiger partial charge on any atom is -0.496 e. The number of carbonyl (C=O) groups is 1. The highest BCUT2D eigenvalue weighted by Crippen LogP contribution is 2.42. The predicted molar refractivity (Wildman–Crippen MR) is 68.2 cm³/mol. The van der Waals surface area contributed by atoms with E-state index in [1.165, 1.54) is 5.56 Å². The van der Waals surface area contributed by atoms with E-state index in [-0.39, 0.29) is 5.92 Å². The maximum absolute atomic E-state index is 10.7. The Morgan fingerprint density at radius 3 is 2.88 bits per heavy atom. The monoisotopic (exact) mass is 298 g/mol. The van der Waals surface area contributed by atoms with E-state index in [1.807, 2.05) is 18.2 Å². The summed E-state index contributed by atoms with van der Waals surface area (Å²) in [6.45, 7) is 0. The number of halogens is 1. The molecule has 1 aliphatic rings. The third-order valence-corrected chi connectivity index (χ3v) is 3.88. The Hall–Kier alpha value is -1.03. The topological polar surface area (TPSA) is 46.5 Å². The van der Waals surface area contributed by atoms with Crippen molar-refractivity contribution in [3.05, 3.63) is 28.2 Å². The number of hydrogen-bond acceptors (Lipinski definition) is 2. The molecule has 17 heavy (non-hydrogen) atoms. The molecule has 0 spiro atoms. The molecule has 1 N–H and O–H groups in total. The van der Waals surface area contributed by atoms with E-state index in [9.17, 15) is 4.79 Å². The van der Waals surface area contributed by atoms with Crippen LogP contribution in [0.2, 0.25) is 0 Å². The van der Waals surface area contributed by atoms with Crippen LogP contribution in [0.3, 0.4) is 0 Å². The standard InChI is InChI=1S/C13H15BrO3/c1-17-12-5-3-8(6-11(12)14)2-4-9-7-10(9)13(15)16/h3,5-6,9-10H,2,4,7H2,1H3,(H,15,16). The molecule has 1 aromatic rings. The SMILES string of the molecule is COc1ccc(CCC2CC2C(=O)O)cc1Br. The van der Waals surface area contributed by atoms with E-state index in [0.717, 1.165) is 29.5 Å². The third kappa shape index (κ3) is 3.00. The van der Waals surface area contributed by atoms with Gasteiger partial charge in [-0.25, -0.2) is 0 Å². The molecule has 1 aromatic carbocycles. The van der Waals surface area contributed by atoms with E-state index in [1.54, 1.807) is 7.11 Å². The van der Waals surface area contributed by atoms with Crippen LogP contribution in [0.5, 0.6) is 5.75 Å². The second-order valence-electron chi connectivity index (χ2n) is 4.45. The second-order valence-corrected chi connectivity index (χ2v) is 5.30. The summed E-state index contributed by atoms with van der Waals surface area (Å²) < 4.78 is 6.11. The zero-order chi connectivity index (χ0) is 12.4. The van der Waals surface area contributed by atoms with E-state index >= 15 is 0 Å². The molecule has 0 heterocycles. The van der Waals surface area contributed by atoms with Gasteiger partial charge in [-0.3, -0.25) is 4.79 Å². The van der Waals surface area contributed by atoms with Gasteiger partial charge in [0.1, 0.15) is 5.75 Å². The first-order chi connectivity index (χ1) is 8.11. The lowest BCUT2D eigenvalue weighted by Gasteiger charge is -2.06. The van der Waals surface area contributed by atoms with Crippen LogP contribution in [0.25, 0.3) is 0 Å². The molecule has 0 bridgehead atoms. The Bertz CT molecular complexity index is 431. The summed E-state index contributed by atoms with van der Waals surface area (Å²) in [7, 11) is 1.64. The van der Waals surface area contributed by atoms with Gasteiger partial charge in [-0.15, -0.1) is 0 Å². The largest absolute Gasteiger partial charge is 0.496 e. The molecular formula is C13H15BrO3. The number of carboxylic acids is 1. The maximum atomic E-state index is 10.7. The summed E-state index contributed by atoms with van der Waals surface area (Å²) in [5.74, 6) is 0.444. The van der Waals surface area contributed by atoms with Gasteiger partial charge in [0.15, 0.2) is 0 Å². The number of hydrogen-bond donors (Lipinski definition) is 1. The summed E-state index contributed by atoms with van der Waals surface area (Å²) in [5.41, 5.74) is 1.22. The Kier molecular flexibility index (Phi) is 3.72. The zero-order valence-corrected chi connectivity index (χ0v) is 11.2. The number of aliphatic carboxylic acids is 1. The summed E-state index contributed by atoms with van der Waals surface area (Å²) in [4.78, 5) is 10.7. The number of benzene rings is 1. The molecule has 1 fully saturated rings. The highest BCUT2D eigenvalue weighted by Gasteiger charge is 2.42. The quantitative estimate of drug-likeness (QED) is 0.908. The van der Waals surface area contributed by atoms with E-state index in [0.29, 0.717) is 5.92 Å². The summed E-state index contributed by atoms with van der Waals surface area (Å²) in [5, 5.41) is 8.81. The van der Waals surface area contributed by atoms with Gasteiger partial charge in [-0.1, -0.05) is 6.07 Å². The fourth-order valence-electron chi connectivity index (χ4n) is 2.09. The predicted octanol–water partition coefficient (Wildman–Crippen LogP) is 3.11. The lowest BCUT2D eigenvalue weighted by Crippen LogP contribution is -2.00. The molecule has 2 rings (SSSR count). The van der Waals surface area contributed by atoms with Crippen LogP contribution in [-0.2, 0) is 11.2 Å². The number of carboxylic acid groups (broad SMARTS) is 1. The molecule has 0 aromatic heterocycles. The minimum atomic E-state index is -0.647. The molecule has 2 atom stereocenters. The molecule has 0 amide bonds. The number of ether oxygens (including phenoxy) is 1. The van der Waals surface area contributed by atoms with Crippen LogP contribution in [-0.4, -0.2) is 18.2 Å². The number of methoxy groups -OCH3 is 1. The van der Waals surface area contributed by atoms with Gasteiger partial charge in [-0.05, 0) is 58.8 Å². The number of rotatable bonds is 5. The van der Waals surface area contributed by atoms with Crippen LogP contribution in [0.1, 0.15) is 18.4 Å². The van der Waals surface area contributed by atoms with Crippen molar-refractivity contribution in [3.8, 4) is 5.75 Å². The molecule has 1 aliphatic carbocycles. The minimum absolute atomic E-state index is 0.100. The van der Waals surface area contributed by atoms with Crippen LogP contribution < -0.4 is 4.74 Å². The Morgan fingerprint density at radius 2 is 2.35 bits per heavy atom. The lowest BCUT2D eigenvalue weighted by molar-refractivity contribution is -0.138. The summed E-state index contributed by atoms with van der Waals surface area (Å²) >= 11 is 3.45. The highest BCUT2D eigenvalue weighted by atomic mass is 79.9. The number of aryl methyl sites for hydroxylation is 1. The van der Waals surface area contributed by atoms with E-state index < -0.39 is 5.97 Å². The third-order valence-electron chi connectivity index (χ3n) is 3.26. The molecule has 4 heteroatoms. The van der Waals surface area contributed by atoms with Crippen LogP contribution in [0.15, 0.2) is 22.7 Å². The van der Waals surface area contributed by atoms with Crippen molar-refractivity contribution in [3.63, 3.8) is 0 Å². The first-order valence-corrected chi connectivity index (χ1v) is 6.46. The average molecular weight is 299 g/mol. The summed E-state index contributed by atoms with van der Waals surface area (Å²) in [6.07, 6.45) is 2.72. The van der Waals surface area contributed by atoms with Crippen molar-refractivity contribution in [1.82, 2.24) is 0 Å². The smallest absolute Gasteiger partial charge is 0.306 e. The Labute approximate surface area is 109 Å². The van der Waals surface area contributed by atoms with Crippen molar-refractivity contribution in [1.29, 1.82) is 0 Å². The molecule has 0 radical (unpaired) electrons. The van der Waals surface area contributed by atoms with Crippen molar-refractivity contribution in [2.75, 3.05) is 7.11 Å². The van der Waals surface area contributed by atoms with Gasteiger partial charge >= 0.3 is 5.97 Å². The molecule has 2 unspecified atom stereocenters.